The number of hydrogen-bond acceptors (Lipinski definition) is 5. The normalized spacial score (nSPS) is 10.7. The molecule has 2 aromatic carbocycles. The van der Waals surface area contributed by atoms with E-state index in [4.69, 9.17) is 0 Å². The Morgan fingerprint density at radius 2 is 1.76 bits per heavy atom. The maximum Gasteiger partial charge on any atom is 0.266 e. The molecule has 0 radical (unpaired) electrons. The van der Waals surface area contributed by atoms with Gasteiger partial charge in [0.2, 0.25) is 11.8 Å². The highest BCUT2D eigenvalue weighted by atomic mass is 32.2. The number of aromatic nitrogens is 2. The number of carbonyl (C=O) groups excluding carboxylic acids is 2. The van der Waals surface area contributed by atoms with Crippen LogP contribution in [-0.2, 0) is 9.59 Å². The average Bonchev–Trinajstić information content (AvgIpc) is 2.69. The van der Waals surface area contributed by atoms with Gasteiger partial charge in [0.15, 0.2) is 5.16 Å². The third-order valence-corrected chi connectivity index (χ3v) is 5.21. The Morgan fingerprint density at radius 1 is 1.07 bits per heavy atom. The second-order valence-electron chi connectivity index (χ2n) is 6.64. The fourth-order valence-electron chi connectivity index (χ4n) is 2.96. The van der Waals surface area contributed by atoms with Crippen LogP contribution < -0.4 is 16.2 Å². The largest absolute Gasteiger partial charge is 0.358 e. The van der Waals surface area contributed by atoms with E-state index in [0.717, 1.165) is 22.9 Å². The van der Waals surface area contributed by atoms with Gasteiger partial charge in [-0.25, -0.2) is 4.98 Å². The molecule has 3 rings (SSSR count). The van der Waals surface area contributed by atoms with Crippen LogP contribution >= 0.6 is 11.8 Å². The van der Waals surface area contributed by atoms with Gasteiger partial charge >= 0.3 is 0 Å². The van der Waals surface area contributed by atoms with E-state index in [0.29, 0.717) is 21.7 Å². The first-order chi connectivity index (χ1) is 13.9. The van der Waals surface area contributed by atoms with Gasteiger partial charge in [0.05, 0.1) is 28.9 Å². The minimum atomic E-state index is -0.312. The lowest BCUT2D eigenvalue weighted by Gasteiger charge is -2.14. The van der Waals surface area contributed by atoms with Gasteiger partial charge in [-0.05, 0) is 49.2 Å². The molecule has 150 valence electrons. The van der Waals surface area contributed by atoms with Gasteiger partial charge in [0.1, 0.15) is 0 Å². The zero-order chi connectivity index (χ0) is 21.0. The van der Waals surface area contributed by atoms with Crippen LogP contribution in [0.2, 0.25) is 0 Å². The molecule has 0 fully saturated rings. The van der Waals surface area contributed by atoms with Gasteiger partial charge in [-0.2, -0.15) is 0 Å². The van der Waals surface area contributed by atoms with E-state index in [-0.39, 0.29) is 29.7 Å². The van der Waals surface area contributed by atoms with Gasteiger partial charge in [0, 0.05) is 7.05 Å². The predicted molar refractivity (Wildman–Crippen MR) is 115 cm³/mol. The fourth-order valence-corrected chi connectivity index (χ4v) is 3.81. The lowest BCUT2D eigenvalue weighted by atomic mass is 10.1. The number of para-hydroxylation sites is 1. The number of likely N-dealkylation sites (N-methyl/N-ethyl adjacent to an activating group) is 1. The number of aryl methyl sites for hydroxylation is 2. The smallest absolute Gasteiger partial charge is 0.266 e. The van der Waals surface area contributed by atoms with Gasteiger partial charge in [-0.1, -0.05) is 30.0 Å². The Hall–Kier alpha value is -3.13. The topological polar surface area (TPSA) is 93.1 Å². The summed E-state index contributed by atoms with van der Waals surface area (Å²) in [7, 11) is 1.50. The maximum absolute atomic E-state index is 13.2. The van der Waals surface area contributed by atoms with E-state index in [2.05, 4.69) is 15.6 Å². The molecule has 0 spiro atoms. The molecule has 0 saturated heterocycles. The monoisotopic (exact) mass is 410 g/mol. The van der Waals surface area contributed by atoms with Gasteiger partial charge < -0.3 is 10.6 Å². The number of rotatable bonds is 6. The molecule has 8 heteroatoms. The van der Waals surface area contributed by atoms with Crippen molar-refractivity contribution in [2.45, 2.75) is 19.0 Å². The van der Waals surface area contributed by atoms with Crippen molar-refractivity contribution >= 4 is 34.5 Å². The first kappa shape index (κ1) is 20.6. The highest BCUT2D eigenvalue weighted by Crippen LogP contribution is 2.22. The molecule has 7 nitrogen and oxygen atoms in total. The van der Waals surface area contributed by atoms with Crippen LogP contribution in [-0.4, -0.2) is 40.7 Å². The summed E-state index contributed by atoms with van der Waals surface area (Å²) < 4.78 is 1.54. The lowest BCUT2D eigenvalue weighted by Crippen LogP contribution is -2.36. The number of fused-ring (bicyclic) bond motifs is 1. The summed E-state index contributed by atoms with van der Waals surface area (Å²) in [5.74, 6) is -0.556. The van der Waals surface area contributed by atoms with Crippen molar-refractivity contribution in [1.29, 1.82) is 0 Å². The van der Waals surface area contributed by atoms with E-state index >= 15 is 0 Å². The summed E-state index contributed by atoms with van der Waals surface area (Å²) in [6.45, 7) is 3.84. The zero-order valence-electron chi connectivity index (χ0n) is 16.5. The molecule has 0 aliphatic heterocycles. The Labute approximate surface area is 172 Å². The Bertz CT molecular complexity index is 1120. The standard InChI is InChI=1S/C21H22N4O3S/c1-13-8-14(2)10-15(9-13)25-20(28)16-6-4-5-7-17(16)24-21(25)29-12-19(27)23-11-18(26)22-3/h4-10H,11-12H2,1-3H3,(H,22,26)(H,23,27). The summed E-state index contributed by atoms with van der Waals surface area (Å²) in [4.78, 5) is 41.3. The number of amides is 2. The molecule has 29 heavy (non-hydrogen) atoms. The molecule has 0 bridgehead atoms. The Morgan fingerprint density at radius 3 is 2.45 bits per heavy atom. The SMILES string of the molecule is CNC(=O)CNC(=O)CSc1nc2ccccc2c(=O)n1-c1cc(C)cc(C)c1. The minimum absolute atomic E-state index is 0.0343. The first-order valence-corrected chi connectivity index (χ1v) is 10.1. The quantitative estimate of drug-likeness (QED) is 0.479. The molecule has 0 saturated carbocycles. The molecule has 1 heterocycles. The van der Waals surface area contributed by atoms with Crippen molar-refractivity contribution in [3.8, 4) is 5.69 Å². The van der Waals surface area contributed by atoms with E-state index < -0.39 is 0 Å². The van der Waals surface area contributed by atoms with E-state index in [1.165, 1.54) is 7.05 Å². The summed E-state index contributed by atoms with van der Waals surface area (Å²) in [5, 5.41) is 5.93. The number of benzene rings is 2. The number of thioether (sulfide) groups is 1. The van der Waals surface area contributed by atoms with Crippen LogP contribution in [0.25, 0.3) is 16.6 Å². The molecular formula is C21H22N4O3S. The second kappa shape index (κ2) is 8.91. The van der Waals surface area contributed by atoms with E-state index in [9.17, 15) is 14.4 Å². The van der Waals surface area contributed by atoms with Crippen LogP contribution in [0.1, 0.15) is 11.1 Å². The zero-order valence-corrected chi connectivity index (χ0v) is 17.3. The summed E-state index contributed by atoms with van der Waals surface area (Å²) in [6, 6.07) is 13.0. The molecule has 0 aliphatic rings. The number of nitrogens with one attached hydrogen (secondary N) is 2. The molecule has 0 aliphatic carbocycles. The molecule has 0 unspecified atom stereocenters. The van der Waals surface area contributed by atoms with Gasteiger partial charge in [-0.3, -0.25) is 19.0 Å². The lowest BCUT2D eigenvalue weighted by molar-refractivity contribution is -0.124. The number of hydrogen-bond donors (Lipinski definition) is 2. The fraction of sp³-hybridized carbons (Fsp3) is 0.238. The van der Waals surface area contributed by atoms with Crippen molar-refractivity contribution in [2.24, 2.45) is 0 Å². The van der Waals surface area contributed by atoms with Crippen LogP contribution in [0.15, 0.2) is 52.4 Å². The van der Waals surface area contributed by atoms with Crippen molar-refractivity contribution in [1.82, 2.24) is 20.2 Å². The summed E-state index contributed by atoms with van der Waals surface area (Å²) in [5.41, 5.74) is 3.15. The number of carbonyl (C=O) groups is 2. The molecule has 1 aromatic heterocycles. The van der Waals surface area contributed by atoms with Crippen molar-refractivity contribution in [3.05, 3.63) is 63.9 Å². The van der Waals surface area contributed by atoms with Crippen LogP contribution in [0.5, 0.6) is 0 Å². The predicted octanol–water partition coefficient (Wildman–Crippen LogP) is 1.96. The van der Waals surface area contributed by atoms with Crippen LogP contribution in [0, 0.1) is 13.8 Å². The van der Waals surface area contributed by atoms with Crippen LogP contribution in [0.4, 0.5) is 0 Å². The molecule has 3 aromatic rings. The van der Waals surface area contributed by atoms with Crippen molar-refractivity contribution in [3.63, 3.8) is 0 Å². The van der Waals surface area contributed by atoms with Gasteiger partial charge in [-0.15, -0.1) is 0 Å². The van der Waals surface area contributed by atoms with Crippen molar-refractivity contribution < 1.29 is 9.59 Å². The molecule has 0 atom stereocenters. The van der Waals surface area contributed by atoms with Crippen LogP contribution in [0.3, 0.4) is 0 Å². The highest BCUT2D eigenvalue weighted by Gasteiger charge is 2.15. The number of nitrogens with zero attached hydrogens (tertiary/aromatic N) is 2. The third-order valence-electron chi connectivity index (χ3n) is 4.27. The van der Waals surface area contributed by atoms with E-state index in [1.807, 2.05) is 38.1 Å². The van der Waals surface area contributed by atoms with Gasteiger partial charge in [0.25, 0.3) is 5.56 Å². The molecular weight excluding hydrogens is 388 g/mol. The minimum Gasteiger partial charge on any atom is -0.358 e. The highest BCUT2D eigenvalue weighted by molar-refractivity contribution is 7.99. The first-order valence-electron chi connectivity index (χ1n) is 9.09. The summed E-state index contributed by atoms with van der Waals surface area (Å²) in [6.07, 6.45) is 0. The van der Waals surface area contributed by atoms with E-state index in [1.54, 1.807) is 22.8 Å². The van der Waals surface area contributed by atoms with Crippen molar-refractivity contribution in [2.75, 3.05) is 19.3 Å². The Kier molecular flexibility index (Phi) is 6.33. The average molecular weight is 410 g/mol. The summed E-state index contributed by atoms with van der Waals surface area (Å²) >= 11 is 1.16. The second-order valence-corrected chi connectivity index (χ2v) is 7.58. The maximum atomic E-state index is 13.2. The third kappa shape index (κ3) is 4.83. The molecule has 2 N–H and O–H groups in total. The molecule has 2 amide bonds. The Balaban J connectivity index is 2.00.